The number of methoxy groups -OCH3 is 1. The zero-order valence-electron chi connectivity index (χ0n) is 12.3. The number of nitrogens with zero attached hydrogens (tertiary/aromatic N) is 2. The molecular formula is C15H15Cl2N5O. The molecule has 1 aromatic carbocycles. The van der Waals surface area contributed by atoms with Crippen molar-refractivity contribution in [2.45, 2.75) is 12.6 Å². The Bertz CT molecular complexity index is 745. The van der Waals surface area contributed by atoms with Gasteiger partial charge in [-0.3, -0.25) is 16.3 Å². The van der Waals surface area contributed by atoms with Gasteiger partial charge in [-0.25, -0.2) is 5.43 Å². The number of hydrogen-bond donors (Lipinski definition) is 3. The van der Waals surface area contributed by atoms with Crippen molar-refractivity contribution in [1.29, 1.82) is 0 Å². The lowest BCUT2D eigenvalue weighted by atomic mass is 9.95. The molecule has 6 nitrogen and oxygen atoms in total. The predicted molar refractivity (Wildman–Crippen MR) is 90.7 cm³/mol. The van der Waals surface area contributed by atoms with Gasteiger partial charge in [-0.2, -0.15) is 5.10 Å². The number of aromatic nitrogens is 1. The molecular weight excluding hydrogens is 337 g/mol. The van der Waals surface area contributed by atoms with Gasteiger partial charge in [0, 0.05) is 29.9 Å². The largest absolute Gasteiger partial charge is 0.497 e. The first-order chi connectivity index (χ1) is 11.1. The van der Waals surface area contributed by atoms with E-state index >= 15 is 0 Å². The summed E-state index contributed by atoms with van der Waals surface area (Å²) in [6, 6.07) is 5.74. The number of pyridine rings is 1. The van der Waals surface area contributed by atoms with E-state index in [-0.39, 0.29) is 6.17 Å². The van der Waals surface area contributed by atoms with E-state index in [1.54, 1.807) is 19.5 Å². The van der Waals surface area contributed by atoms with E-state index in [1.165, 1.54) is 0 Å². The Morgan fingerprint density at radius 1 is 1.30 bits per heavy atom. The number of halogens is 2. The van der Waals surface area contributed by atoms with Crippen molar-refractivity contribution in [1.82, 2.24) is 15.8 Å². The molecule has 8 heteroatoms. The zero-order chi connectivity index (χ0) is 16.4. The highest BCUT2D eigenvalue weighted by atomic mass is 35.5. The summed E-state index contributed by atoms with van der Waals surface area (Å²) in [5.41, 5.74) is 9.15. The van der Waals surface area contributed by atoms with Crippen molar-refractivity contribution in [2.75, 3.05) is 7.11 Å². The quantitative estimate of drug-likeness (QED) is 0.581. The van der Waals surface area contributed by atoms with Crippen LogP contribution >= 0.6 is 23.2 Å². The van der Waals surface area contributed by atoms with Gasteiger partial charge in [0.1, 0.15) is 11.9 Å². The van der Waals surface area contributed by atoms with Gasteiger partial charge in [0.2, 0.25) is 0 Å². The van der Waals surface area contributed by atoms with Crippen LogP contribution in [0.25, 0.3) is 0 Å². The molecule has 2 aromatic rings. The predicted octanol–water partition coefficient (Wildman–Crippen LogP) is 2.41. The van der Waals surface area contributed by atoms with E-state index in [0.717, 1.165) is 28.2 Å². The number of hydrazine groups is 1. The average Bonchev–Trinajstić information content (AvgIpc) is 2.57. The zero-order valence-corrected chi connectivity index (χ0v) is 13.8. The van der Waals surface area contributed by atoms with Gasteiger partial charge >= 0.3 is 0 Å². The minimum Gasteiger partial charge on any atom is -0.497 e. The van der Waals surface area contributed by atoms with Crippen molar-refractivity contribution < 1.29 is 4.74 Å². The third-order valence-electron chi connectivity index (χ3n) is 3.67. The summed E-state index contributed by atoms with van der Waals surface area (Å²) in [7, 11) is 1.62. The molecule has 0 aliphatic carbocycles. The number of rotatable bonds is 4. The summed E-state index contributed by atoms with van der Waals surface area (Å²) >= 11 is 12.4. The molecule has 1 atom stereocenters. The van der Waals surface area contributed by atoms with Crippen molar-refractivity contribution >= 4 is 28.9 Å². The van der Waals surface area contributed by atoms with Crippen molar-refractivity contribution in [3.05, 3.63) is 57.3 Å². The van der Waals surface area contributed by atoms with Crippen LogP contribution in [-0.4, -0.2) is 17.8 Å². The van der Waals surface area contributed by atoms with Crippen molar-refractivity contribution in [3.63, 3.8) is 0 Å². The molecule has 0 spiro atoms. The smallest absolute Gasteiger partial charge is 0.132 e. The third-order valence-corrected chi connectivity index (χ3v) is 4.32. The van der Waals surface area contributed by atoms with Crippen LogP contribution in [-0.2, 0) is 6.42 Å². The molecule has 0 bridgehead atoms. The molecule has 1 aliphatic heterocycles. The van der Waals surface area contributed by atoms with E-state index in [9.17, 15) is 0 Å². The molecule has 3 rings (SSSR count). The first kappa shape index (κ1) is 16.0. The Kier molecular flexibility index (Phi) is 4.68. The first-order valence-electron chi connectivity index (χ1n) is 6.88. The lowest BCUT2D eigenvalue weighted by molar-refractivity contribution is 0.409. The fourth-order valence-electron chi connectivity index (χ4n) is 2.48. The molecule has 1 aromatic heterocycles. The number of benzene rings is 1. The minimum absolute atomic E-state index is 0.299. The monoisotopic (exact) mass is 351 g/mol. The highest BCUT2D eigenvalue weighted by molar-refractivity contribution is 6.36. The van der Waals surface area contributed by atoms with E-state index in [0.29, 0.717) is 16.5 Å². The van der Waals surface area contributed by atoms with Gasteiger partial charge in [-0.1, -0.05) is 23.2 Å². The van der Waals surface area contributed by atoms with Gasteiger partial charge < -0.3 is 4.74 Å². The van der Waals surface area contributed by atoms with Crippen LogP contribution in [0.2, 0.25) is 10.0 Å². The van der Waals surface area contributed by atoms with Gasteiger partial charge in [0.15, 0.2) is 0 Å². The molecule has 4 N–H and O–H groups in total. The Hall–Kier alpha value is -1.86. The number of nitrogens with one attached hydrogen (secondary N) is 2. The van der Waals surface area contributed by atoms with Crippen LogP contribution in [0.15, 0.2) is 35.7 Å². The Morgan fingerprint density at radius 3 is 2.70 bits per heavy atom. The number of ether oxygens (including phenoxy) is 1. The summed E-state index contributed by atoms with van der Waals surface area (Å²) in [5.74, 6) is 6.33. The maximum Gasteiger partial charge on any atom is 0.132 e. The molecule has 0 saturated carbocycles. The van der Waals surface area contributed by atoms with E-state index in [2.05, 4.69) is 20.9 Å². The lowest BCUT2D eigenvalue weighted by Gasteiger charge is -2.26. The van der Waals surface area contributed by atoms with Gasteiger partial charge in [0.25, 0.3) is 0 Å². The van der Waals surface area contributed by atoms with Gasteiger partial charge in [0.05, 0.1) is 22.9 Å². The average molecular weight is 352 g/mol. The fourth-order valence-corrected chi connectivity index (χ4v) is 2.98. The van der Waals surface area contributed by atoms with Crippen LogP contribution in [0.3, 0.4) is 0 Å². The second-order valence-electron chi connectivity index (χ2n) is 5.00. The molecule has 0 saturated heterocycles. The maximum atomic E-state index is 6.20. The lowest BCUT2D eigenvalue weighted by Crippen LogP contribution is -2.40. The number of hydrogen-bond acceptors (Lipinski definition) is 6. The summed E-state index contributed by atoms with van der Waals surface area (Å²) in [5, 5.41) is 5.42. The standard InChI is InChI=1S/C15H15Cl2N5O/c1-23-8-2-3-9-10(4-8)15(20-18)22-21-14(9)5-11-12(16)6-19-7-13(11)17/h2-4,6-7,15,20,22H,5,18H2,1H3. The van der Waals surface area contributed by atoms with Gasteiger partial charge in [-0.05, 0) is 23.8 Å². The second kappa shape index (κ2) is 6.72. The molecule has 0 amide bonds. The van der Waals surface area contributed by atoms with Crippen LogP contribution in [0, 0.1) is 0 Å². The molecule has 0 fully saturated rings. The fraction of sp³-hybridized carbons (Fsp3) is 0.200. The summed E-state index contributed by atoms with van der Waals surface area (Å²) < 4.78 is 5.28. The minimum atomic E-state index is -0.299. The van der Waals surface area contributed by atoms with Crippen LogP contribution < -0.4 is 21.4 Å². The van der Waals surface area contributed by atoms with Crippen molar-refractivity contribution in [2.24, 2.45) is 10.9 Å². The topological polar surface area (TPSA) is 84.6 Å². The first-order valence-corrected chi connectivity index (χ1v) is 7.64. The van der Waals surface area contributed by atoms with Crippen LogP contribution in [0.5, 0.6) is 5.75 Å². The molecule has 23 heavy (non-hydrogen) atoms. The highest BCUT2D eigenvalue weighted by Gasteiger charge is 2.23. The van der Waals surface area contributed by atoms with Crippen LogP contribution in [0.4, 0.5) is 0 Å². The Labute approximate surface area is 143 Å². The second-order valence-corrected chi connectivity index (χ2v) is 5.81. The Morgan fingerprint density at radius 2 is 2.04 bits per heavy atom. The molecule has 2 heterocycles. The van der Waals surface area contributed by atoms with Crippen molar-refractivity contribution in [3.8, 4) is 5.75 Å². The highest BCUT2D eigenvalue weighted by Crippen LogP contribution is 2.29. The molecule has 0 radical (unpaired) electrons. The summed E-state index contributed by atoms with van der Waals surface area (Å²) in [4.78, 5) is 3.97. The van der Waals surface area contributed by atoms with E-state index in [4.69, 9.17) is 33.8 Å². The normalized spacial score (nSPS) is 16.3. The molecule has 1 aliphatic rings. The third kappa shape index (κ3) is 3.11. The molecule has 1 unspecified atom stereocenters. The number of hydrazone groups is 1. The van der Waals surface area contributed by atoms with E-state index in [1.807, 2.05) is 18.2 Å². The Balaban J connectivity index is 2.01. The number of fused-ring (bicyclic) bond motifs is 1. The maximum absolute atomic E-state index is 6.20. The van der Waals surface area contributed by atoms with E-state index < -0.39 is 0 Å². The molecule has 120 valence electrons. The summed E-state index contributed by atoms with van der Waals surface area (Å²) in [6.07, 6.45) is 3.31. The number of nitrogens with two attached hydrogens (primary N) is 1. The SMILES string of the molecule is COc1ccc2c(c1)C(NN)NN=C2Cc1c(Cl)cncc1Cl. The summed E-state index contributed by atoms with van der Waals surface area (Å²) in [6.45, 7) is 0. The van der Waals surface area contributed by atoms with Crippen LogP contribution in [0.1, 0.15) is 22.9 Å². The van der Waals surface area contributed by atoms with Gasteiger partial charge in [-0.15, -0.1) is 0 Å².